The number of nitrogens with two attached hydrogens (primary N) is 1. The van der Waals surface area contributed by atoms with E-state index in [1.807, 2.05) is 0 Å². The molecular weight excluding hydrogens is 241 g/mol. The Hall–Kier alpha value is -1.58. The lowest BCUT2D eigenvalue weighted by Crippen LogP contribution is -2.43. The Morgan fingerprint density at radius 3 is 2.79 bits per heavy atom. The maximum Gasteiger partial charge on any atom is 0.147 e. The van der Waals surface area contributed by atoms with Crippen molar-refractivity contribution in [2.75, 3.05) is 11.4 Å². The predicted molar refractivity (Wildman–Crippen MR) is 75.1 cm³/mol. The zero-order valence-corrected chi connectivity index (χ0v) is 11.0. The van der Waals surface area contributed by atoms with Crippen molar-refractivity contribution in [2.45, 2.75) is 38.1 Å². The van der Waals surface area contributed by atoms with Crippen LogP contribution in [0, 0.1) is 17.1 Å². The van der Waals surface area contributed by atoms with Crippen LogP contribution in [0.5, 0.6) is 0 Å². The van der Waals surface area contributed by atoms with E-state index in [2.05, 4.69) is 4.90 Å². The van der Waals surface area contributed by atoms with Gasteiger partial charge in [-0.15, -0.1) is 0 Å². The highest BCUT2D eigenvalue weighted by Gasteiger charge is 2.35. The van der Waals surface area contributed by atoms with E-state index in [1.165, 1.54) is 31.7 Å². The first-order valence-corrected chi connectivity index (χ1v) is 7.07. The predicted octanol–water partition coefficient (Wildman–Crippen LogP) is 2.88. The SMILES string of the molecule is N=C(N)c1ccc(N2CCCC3CCCC32)c(F)c1. The second-order valence-electron chi connectivity index (χ2n) is 5.67. The summed E-state index contributed by atoms with van der Waals surface area (Å²) in [5, 5.41) is 7.36. The maximum atomic E-state index is 14.3. The molecular formula is C15H20FN3. The minimum Gasteiger partial charge on any atom is -0.384 e. The van der Waals surface area contributed by atoms with Crippen molar-refractivity contribution in [3.63, 3.8) is 0 Å². The van der Waals surface area contributed by atoms with Gasteiger partial charge in [0.15, 0.2) is 0 Å². The molecule has 1 saturated heterocycles. The fourth-order valence-corrected chi connectivity index (χ4v) is 3.66. The van der Waals surface area contributed by atoms with Crippen LogP contribution in [0.25, 0.3) is 0 Å². The Morgan fingerprint density at radius 2 is 2.05 bits per heavy atom. The molecule has 0 radical (unpaired) electrons. The van der Waals surface area contributed by atoms with E-state index in [1.54, 1.807) is 12.1 Å². The molecule has 3 nitrogen and oxygen atoms in total. The number of nitrogen functional groups attached to an aromatic ring is 1. The highest BCUT2D eigenvalue weighted by atomic mass is 19.1. The average molecular weight is 261 g/mol. The summed E-state index contributed by atoms with van der Waals surface area (Å²) in [5.74, 6) is 0.406. The van der Waals surface area contributed by atoms with Crippen LogP contribution in [0.4, 0.5) is 10.1 Å². The van der Waals surface area contributed by atoms with Crippen molar-refractivity contribution in [2.24, 2.45) is 11.7 Å². The monoisotopic (exact) mass is 261 g/mol. The molecule has 19 heavy (non-hydrogen) atoms. The van der Waals surface area contributed by atoms with E-state index in [-0.39, 0.29) is 11.7 Å². The minimum absolute atomic E-state index is 0.0807. The lowest BCUT2D eigenvalue weighted by Gasteiger charge is -2.39. The summed E-state index contributed by atoms with van der Waals surface area (Å²) in [5.41, 5.74) is 6.54. The molecule has 0 amide bonds. The number of nitrogens with one attached hydrogen (secondary N) is 1. The minimum atomic E-state index is -0.250. The summed E-state index contributed by atoms with van der Waals surface area (Å²) in [6.07, 6.45) is 6.16. The van der Waals surface area contributed by atoms with Gasteiger partial charge in [-0.05, 0) is 49.8 Å². The van der Waals surface area contributed by atoms with E-state index < -0.39 is 0 Å². The Labute approximate surface area is 113 Å². The molecule has 1 aromatic carbocycles. The number of piperidine rings is 1. The summed E-state index contributed by atoms with van der Waals surface area (Å²) in [6, 6.07) is 5.42. The fraction of sp³-hybridized carbons (Fsp3) is 0.533. The van der Waals surface area contributed by atoms with Crippen LogP contribution in [0.15, 0.2) is 18.2 Å². The van der Waals surface area contributed by atoms with Crippen molar-refractivity contribution < 1.29 is 4.39 Å². The van der Waals surface area contributed by atoms with Gasteiger partial charge in [-0.2, -0.15) is 0 Å². The van der Waals surface area contributed by atoms with E-state index >= 15 is 0 Å². The van der Waals surface area contributed by atoms with Gasteiger partial charge in [0.2, 0.25) is 0 Å². The molecule has 4 heteroatoms. The first-order chi connectivity index (χ1) is 9.16. The molecule has 0 spiro atoms. The molecule has 1 aliphatic heterocycles. The molecule has 2 atom stereocenters. The Kier molecular flexibility index (Phi) is 3.17. The molecule has 1 aliphatic carbocycles. The second kappa shape index (κ2) is 4.83. The van der Waals surface area contributed by atoms with Crippen LogP contribution in [0.2, 0.25) is 0 Å². The Balaban J connectivity index is 1.90. The number of hydrogen-bond acceptors (Lipinski definition) is 2. The Bertz CT molecular complexity index is 500. The number of halogens is 1. The van der Waals surface area contributed by atoms with E-state index in [0.29, 0.717) is 17.3 Å². The van der Waals surface area contributed by atoms with Crippen LogP contribution in [-0.4, -0.2) is 18.4 Å². The van der Waals surface area contributed by atoms with E-state index in [4.69, 9.17) is 11.1 Å². The summed E-state index contributed by atoms with van der Waals surface area (Å²) in [6.45, 7) is 0.942. The van der Waals surface area contributed by atoms with Gasteiger partial charge in [0.25, 0.3) is 0 Å². The van der Waals surface area contributed by atoms with Crippen LogP contribution in [0.1, 0.15) is 37.7 Å². The molecule has 0 aromatic heterocycles. The number of fused-ring (bicyclic) bond motifs is 1. The van der Waals surface area contributed by atoms with E-state index in [0.717, 1.165) is 18.9 Å². The first kappa shape index (κ1) is 12.5. The van der Waals surface area contributed by atoms with Crippen molar-refractivity contribution in [3.05, 3.63) is 29.6 Å². The number of nitrogens with zero attached hydrogens (tertiary/aromatic N) is 1. The largest absolute Gasteiger partial charge is 0.384 e. The number of anilines is 1. The summed E-state index contributed by atoms with van der Waals surface area (Å²) >= 11 is 0. The topological polar surface area (TPSA) is 53.1 Å². The van der Waals surface area contributed by atoms with E-state index in [9.17, 15) is 4.39 Å². The van der Waals surface area contributed by atoms with Gasteiger partial charge < -0.3 is 10.6 Å². The number of benzene rings is 1. The third-order valence-corrected chi connectivity index (χ3v) is 4.56. The van der Waals surface area contributed by atoms with Crippen molar-refractivity contribution in [3.8, 4) is 0 Å². The normalized spacial score (nSPS) is 26.3. The zero-order valence-electron chi connectivity index (χ0n) is 11.0. The Morgan fingerprint density at radius 1 is 1.26 bits per heavy atom. The van der Waals surface area contributed by atoms with Gasteiger partial charge >= 0.3 is 0 Å². The maximum absolute atomic E-state index is 14.3. The highest BCUT2D eigenvalue weighted by molar-refractivity contribution is 5.95. The smallest absolute Gasteiger partial charge is 0.147 e. The highest BCUT2D eigenvalue weighted by Crippen LogP contribution is 2.39. The molecule has 1 saturated carbocycles. The van der Waals surface area contributed by atoms with Crippen molar-refractivity contribution in [1.29, 1.82) is 5.41 Å². The standard InChI is InChI=1S/C15H20FN3/c16-12-9-11(15(17)18)6-7-14(12)19-8-2-4-10-3-1-5-13(10)19/h6-7,9-10,13H,1-5,8H2,(H3,17,18). The lowest BCUT2D eigenvalue weighted by molar-refractivity contribution is 0.359. The summed E-state index contributed by atoms with van der Waals surface area (Å²) < 4.78 is 14.3. The summed E-state index contributed by atoms with van der Waals surface area (Å²) in [4.78, 5) is 2.24. The third-order valence-electron chi connectivity index (χ3n) is 4.56. The number of hydrogen-bond donors (Lipinski definition) is 2. The van der Waals surface area contributed by atoms with Crippen molar-refractivity contribution in [1.82, 2.24) is 0 Å². The third kappa shape index (κ3) is 2.20. The number of rotatable bonds is 2. The molecule has 0 bridgehead atoms. The molecule has 3 N–H and O–H groups in total. The van der Waals surface area contributed by atoms with Gasteiger partial charge in [0.1, 0.15) is 11.7 Å². The quantitative estimate of drug-likeness (QED) is 0.635. The molecule has 2 unspecified atom stereocenters. The van der Waals surface area contributed by atoms with Gasteiger partial charge in [-0.3, -0.25) is 5.41 Å². The van der Waals surface area contributed by atoms with Gasteiger partial charge in [-0.1, -0.05) is 6.42 Å². The van der Waals surface area contributed by atoms with Crippen LogP contribution < -0.4 is 10.6 Å². The first-order valence-electron chi connectivity index (χ1n) is 7.07. The summed E-state index contributed by atoms with van der Waals surface area (Å²) in [7, 11) is 0. The zero-order chi connectivity index (χ0) is 13.4. The molecule has 3 rings (SSSR count). The molecule has 2 aliphatic rings. The van der Waals surface area contributed by atoms with Crippen LogP contribution >= 0.6 is 0 Å². The van der Waals surface area contributed by atoms with Crippen molar-refractivity contribution >= 4 is 11.5 Å². The van der Waals surface area contributed by atoms with Gasteiger partial charge in [-0.25, -0.2) is 4.39 Å². The molecule has 102 valence electrons. The molecule has 2 fully saturated rings. The lowest BCUT2D eigenvalue weighted by atomic mass is 9.91. The average Bonchev–Trinajstić information content (AvgIpc) is 2.86. The van der Waals surface area contributed by atoms with Gasteiger partial charge in [0, 0.05) is 18.2 Å². The second-order valence-corrected chi connectivity index (χ2v) is 5.67. The van der Waals surface area contributed by atoms with Gasteiger partial charge in [0.05, 0.1) is 5.69 Å². The number of amidine groups is 1. The molecule has 1 aromatic rings. The van der Waals surface area contributed by atoms with Crippen LogP contribution in [-0.2, 0) is 0 Å². The molecule has 1 heterocycles. The van der Waals surface area contributed by atoms with Crippen LogP contribution in [0.3, 0.4) is 0 Å². The fourth-order valence-electron chi connectivity index (χ4n) is 3.66.